The summed E-state index contributed by atoms with van der Waals surface area (Å²) in [6.45, 7) is 0.304. The van der Waals surface area contributed by atoms with Crippen LogP contribution in [0.25, 0.3) is 0 Å². The van der Waals surface area contributed by atoms with E-state index in [0.29, 0.717) is 11.4 Å². The molecule has 1 amide bonds. The van der Waals surface area contributed by atoms with Crippen molar-refractivity contribution in [3.63, 3.8) is 0 Å². The molecule has 0 spiro atoms. The number of hydrogen-bond donors (Lipinski definition) is 2. The van der Waals surface area contributed by atoms with Gasteiger partial charge in [-0.3, -0.25) is 4.79 Å². The normalized spacial score (nSPS) is 10.5. The van der Waals surface area contributed by atoms with E-state index in [1.54, 1.807) is 18.5 Å². The fourth-order valence-electron chi connectivity index (χ4n) is 1.36. The zero-order valence-corrected chi connectivity index (χ0v) is 12.0. The van der Waals surface area contributed by atoms with Gasteiger partial charge < -0.3 is 11.1 Å². The number of anilines is 1. The van der Waals surface area contributed by atoms with Gasteiger partial charge in [-0.05, 0) is 22.0 Å². The van der Waals surface area contributed by atoms with Crippen LogP contribution in [-0.2, 0) is 17.9 Å². The molecule has 0 fully saturated rings. The predicted octanol–water partition coefficient (Wildman–Crippen LogP) is 1.19. The number of carbonyl (C=O) groups is 1. The van der Waals surface area contributed by atoms with Gasteiger partial charge in [0.25, 0.3) is 0 Å². The maximum absolute atomic E-state index is 11.8. The molecule has 2 aromatic rings. The number of nitrogens with two attached hydrogens (primary N) is 1. The van der Waals surface area contributed by atoms with Gasteiger partial charge in [0, 0.05) is 17.2 Å². The summed E-state index contributed by atoms with van der Waals surface area (Å²) in [5.74, 6) is -0.282. The van der Waals surface area contributed by atoms with Crippen LogP contribution in [0.3, 0.4) is 0 Å². The fourth-order valence-corrected chi connectivity index (χ4v) is 1.84. The Hall–Kier alpha value is -1.51. The highest BCUT2D eigenvalue weighted by atomic mass is 79.9. The average molecular weight is 346 g/mol. The maximum Gasteiger partial charge on any atom is 0.246 e. The molecule has 9 heteroatoms. The third-order valence-electron chi connectivity index (χ3n) is 2.18. The number of nitrogens with one attached hydrogen (secondary N) is 1. The summed E-state index contributed by atoms with van der Waals surface area (Å²) in [5.41, 5.74) is 6.46. The second kappa shape index (κ2) is 6.09. The highest BCUT2D eigenvalue weighted by molar-refractivity contribution is 9.10. The maximum atomic E-state index is 11.8. The number of aromatic nitrogens is 4. The second-order valence-electron chi connectivity index (χ2n) is 3.65. The Labute approximate surface area is 122 Å². The summed E-state index contributed by atoms with van der Waals surface area (Å²) in [7, 11) is 0. The largest absolute Gasteiger partial charge is 0.325 e. The van der Waals surface area contributed by atoms with Gasteiger partial charge in [-0.1, -0.05) is 16.8 Å². The molecule has 0 atom stereocenters. The first-order valence-electron chi connectivity index (χ1n) is 5.28. The minimum absolute atomic E-state index is 0.0237. The Kier molecular flexibility index (Phi) is 4.46. The first kappa shape index (κ1) is 13.9. The summed E-state index contributed by atoms with van der Waals surface area (Å²) in [6, 6.07) is 1.67. The lowest BCUT2D eigenvalue weighted by atomic mass is 10.4. The lowest BCUT2D eigenvalue weighted by Gasteiger charge is -2.06. The molecule has 2 aromatic heterocycles. The van der Waals surface area contributed by atoms with Crippen LogP contribution in [0.15, 0.2) is 22.9 Å². The summed E-state index contributed by atoms with van der Waals surface area (Å²) in [5, 5.41) is 10.4. The topological polar surface area (TPSA) is 98.7 Å². The molecule has 7 nitrogen and oxygen atoms in total. The Morgan fingerprint density at radius 1 is 1.58 bits per heavy atom. The number of amides is 1. The molecule has 100 valence electrons. The van der Waals surface area contributed by atoms with E-state index in [1.807, 2.05) is 0 Å². The van der Waals surface area contributed by atoms with E-state index in [0.717, 1.165) is 4.47 Å². The Morgan fingerprint density at radius 2 is 2.37 bits per heavy atom. The number of halogens is 2. The van der Waals surface area contributed by atoms with Crippen molar-refractivity contribution in [2.24, 2.45) is 5.73 Å². The van der Waals surface area contributed by atoms with Crippen molar-refractivity contribution >= 4 is 39.1 Å². The van der Waals surface area contributed by atoms with Crippen LogP contribution < -0.4 is 11.1 Å². The number of pyridine rings is 1. The van der Waals surface area contributed by atoms with Crippen molar-refractivity contribution in [1.29, 1.82) is 0 Å². The molecule has 0 bridgehead atoms. The third-order valence-corrected chi connectivity index (χ3v) is 2.92. The first-order chi connectivity index (χ1) is 9.08. The van der Waals surface area contributed by atoms with Gasteiger partial charge in [-0.25, -0.2) is 9.67 Å². The summed E-state index contributed by atoms with van der Waals surface area (Å²) in [4.78, 5) is 15.7. The van der Waals surface area contributed by atoms with E-state index in [9.17, 15) is 4.79 Å². The molecule has 2 heterocycles. The van der Waals surface area contributed by atoms with Crippen LogP contribution in [0.2, 0.25) is 5.15 Å². The van der Waals surface area contributed by atoms with Crippen LogP contribution in [0.4, 0.5) is 5.69 Å². The fraction of sp³-hybridized carbons (Fsp3) is 0.200. The van der Waals surface area contributed by atoms with E-state index in [4.69, 9.17) is 17.3 Å². The summed E-state index contributed by atoms with van der Waals surface area (Å²) >= 11 is 9.12. The second-order valence-corrected chi connectivity index (χ2v) is 4.93. The van der Waals surface area contributed by atoms with Crippen molar-refractivity contribution in [3.05, 3.63) is 33.8 Å². The van der Waals surface area contributed by atoms with Crippen LogP contribution in [0.5, 0.6) is 0 Å². The van der Waals surface area contributed by atoms with Crippen molar-refractivity contribution in [3.8, 4) is 0 Å². The van der Waals surface area contributed by atoms with Gasteiger partial charge >= 0.3 is 0 Å². The van der Waals surface area contributed by atoms with Gasteiger partial charge in [0.1, 0.15) is 6.54 Å². The number of nitrogens with zero attached hydrogens (tertiary/aromatic N) is 4. The molecule has 19 heavy (non-hydrogen) atoms. The first-order valence-corrected chi connectivity index (χ1v) is 6.45. The molecule has 2 rings (SSSR count). The number of carbonyl (C=O) groups excluding carboxylic acids is 1. The highest BCUT2D eigenvalue weighted by Crippen LogP contribution is 2.22. The van der Waals surface area contributed by atoms with Crippen LogP contribution >= 0.6 is 27.5 Å². The molecule has 0 radical (unpaired) electrons. The zero-order valence-electron chi connectivity index (χ0n) is 9.68. The Bertz CT molecular complexity index is 601. The third kappa shape index (κ3) is 3.72. The molecule has 0 unspecified atom stereocenters. The molecule has 0 aliphatic carbocycles. The molecule has 0 aromatic carbocycles. The van der Waals surface area contributed by atoms with Gasteiger partial charge in [0.2, 0.25) is 5.91 Å². The summed E-state index contributed by atoms with van der Waals surface area (Å²) in [6.07, 6.45) is 3.16. The molecule has 0 saturated carbocycles. The van der Waals surface area contributed by atoms with Crippen molar-refractivity contribution in [2.75, 3.05) is 5.32 Å². The molecule has 0 aliphatic rings. The Balaban J connectivity index is 2.03. The Morgan fingerprint density at radius 3 is 3.05 bits per heavy atom. The smallest absolute Gasteiger partial charge is 0.246 e. The minimum Gasteiger partial charge on any atom is -0.325 e. The average Bonchev–Trinajstić information content (AvgIpc) is 2.81. The van der Waals surface area contributed by atoms with Gasteiger partial charge in [-0.2, -0.15) is 0 Å². The van der Waals surface area contributed by atoms with Gasteiger partial charge in [-0.15, -0.1) is 5.10 Å². The molecule has 0 saturated heterocycles. The monoisotopic (exact) mass is 344 g/mol. The molecular formula is C10H10BrClN6O. The zero-order chi connectivity index (χ0) is 13.8. The number of hydrogen-bond acceptors (Lipinski definition) is 5. The van der Waals surface area contributed by atoms with E-state index < -0.39 is 0 Å². The minimum atomic E-state index is -0.282. The van der Waals surface area contributed by atoms with Crippen molar-refractivity contribution < 1.29 is 4.79 Å². The quantitative estimate of drug-likeness (QED) is 0.811. The number of rotatable bonds is 4. The van der Waals surface area contributed by atoms with Crippen LogP contribution in [-0.4, -0.2) is 25.9 Å². The van der Waals surface area contributed by atoms with E-state index in [1.165, 1.54) is 4.68 Å². The van der Waals surface area contributed by atoms with Crippen LogP contribution in [0, 0.1) is 0 Å². The SMILES string of the molecule is NCc1cn(CC(=O)Nc2cc(Br)cnc2Cl)nn1. The molecule has 0 aliphatic heterocycles. The van der Waals surface area contributed by atoms with E-state index >= 15 is 0 Å². The lowest BCUT2D eigenvalue weighted by molar-refractivity contribution is -0.116. The van der Waals surface area contributed by atoms with E-state index in [2.05, 4.69) is 36.5 Å². The van der Waals surface area contributed by atoms with E-state index in [-0.39, 0.29) is 24.1 Å². The van der Waals surface area contributed by atoms with Crippen molar-refractivity contribution in [2.45, 2.75) is 13.1 Å². The van der Waals surface area contributed by atoms with Gasteiger partial charge in [0.05, 0.1) is 17.6 Å². The van der Waals surface area contributed by atoms with Crippen LogP contribution in [0.1, 0.15) is 5.69 Å². The highest BCUT2D eigenvalue weighted by Gasteiger charge is 2.09. The summed E-state index contributed by atoms with van der Waals surface area (Å²) < 4.78 is 2.12. The molecular weight excluding hydrogens is 336 g/mol. The molecule has 3 N–H and O–H groups in total. The van der Waals surface area contributed by atoms with Crippen molar-refractivity contribution in [1.82, 2.24) is 20.0 Å². The standard InChI is InChI=1S/C10H10BrClN6O/c11-6-1-8(10(12)14-3-6)15-9(19)5-18-4-7(2-13)16-17-18/h1,3-4H,2,5,13H2,(H,15,19). The lowest BCUT2D eigenvalue weighted by Crippen LogP contribution is -2.19. The predicted molar refractivity (Wildman–Crippen MR) is 73.5 cm³/mol. The van der Waals surface area contributed by atoms with Gasteiger partial charge in [0.15, 0.2) is 5.15 Å².